The van der Waals surface area contributed by atoms with Gasteiger partial charge in [-0.15, -0.1) is 0 Å². The van der Waals surface area contributed by atoms with Gasteiger partial charge in [0.25, 0.3) is 0 Å². The first kappa shape index (κ1) is 14.9. The van der Waals surface area contributed by atoms with Gasteiger partial charge in [0, 0.05) is 5.02 Å². The first-order valence-corrected chi connectivity index (χ1v) is 7.09. The van der Waals surface area contributed by atoms with Gasteiger partial charge in [-0.1, -0.05) is 31.5 Å². The van der Waals surface area contributed by atoms with Crippen molar-refractivity contribution in [2.45, 2.75) is 24.8 Å². The minimum Gasteiger partial charge on any atom is -0.548 e. The molecule has 0 heterocycles. The molecule has 1 rings (SSSR count). The van der Waals surface area contributed by atoms with Gasteiger partial charge in [-0.05, 0) is 24.1 Å². The number of hydrogen-bond donors (Lipinski definition) is 1. The van der Waals surface area contributed by atoms with E-state index in [4.69, 9.17) is 11.6 Å². The molecule has 0 spiro atoms. The number of sulfonamides is 1. The number of carboxylic acid groups (broad SMARTS) is 1. The quantitative estimate of drug-likeness (QED) is 0.850. The van der Waals surface area contributed by atoms with Crippen LogP contribution in [0.15, 0.2) is 29.2 Å². The van der Waals surface area contributed by atoms with Gasteiger partial charge in [0.15, 0.2) is 0 Å². The van der Waals surface area contributed by atoms with Gasteiger partial charge < -0.3 is 9.90 Å². The molecule has 0 bridgehead atoms. The molecule has 0 fully saturated rings. The number of carbonyl (C=O) groups is 1. The average Bonchev–Trinajstić information content (AvgIpc) is 2.25. The number of halogens is 1. The van der Waals surface area contributed by atoms with E-state index in [0.29, 0.717) is 0 Å². The number of rotatable bonds is 5. The average molecular weight is 291 g/mol. The van der Waals surface area contributed by atoms with E-state index >= 15 is 0 Å². The Morgan fingerprint density at radius 2 is 2.00 bits per heavy atom. The van der Waals surface area contributed by atoms with Gasteiger partial charge in [-0.2, -0.15) is 0 Å². The van der Waals surface area contributed by atoms with Crippen LogP contribution in [0.25, 0.3) is 0 Å². The van der Waals surface area contributed by atoms with Crippen LogP contribution in [0.2, 0.25) is 5.02 Å². The Labute approximate surface area is 111 Å². The maximum Gasteiger partial charge on any atom is 0.241 e. The van der Waals surface area contributed by atoms with E-state index in [1.165, 1.54) is 24.3 Å². The van der Waals surface area contributed by atoms with Crippen LogP contribution in [-0.4, -0.2) is 20.4 Å². The lowest BCUT2D eigenvalue weighted by Crippen LogP contribution is -2.50. The number of benzene rings is 1. The van der Waals surface area contributed by atoms with E-state index in [-0.39, 0.29) is 9.92 Å². The lowest BCUT2D eigenvalue weighted by Gasteiger charge is -2.23. The fourth-order valence-corrected chi connectivity index (χ4v) is 2.96. The van der Waals surface area contributed by atoms with E-state index in [2.05, 4.69) is 4.72 Å². The summed E-state index contributed by atoms with van der Waals surface area (Å²) in [6, 6.07) is 4.30. The third-order valence-corrected chi connectivity index (χ3v) is 3.98. The second-order valence-electron chi connectivity index (χ2n) is 4.12. The molecule has 7 heteroatoms. The largest absolute Gasteiger partial charge is 0.548 e. The van der Waals surface area contributed by atoms with Gasteiger partial charge in [-0.3, -0.25) is 0 Å². The van der Waals surface area contributed by atoms with Crippen LogP contribution in [0.3, 0.4) is 0 Å². The summed E-state index contributed by atoms with van der Waals surface area (Å²) in [5, 5.41) is 11.1. The molecular weight excluding hydrogens is 278 g/mol. The van der Waals surface area contributed by atoms with Crippen LogP contribution < -0.4 is 9.83 Å². The van der Waals surface area contributed by atoms with Crippen molar-refractivity contribution >= 4 is 27.6 Å². The molecule has 1 aromatic carbocycles. The Kier molecular flexibility index (Phi) is 4.72. The van der Waals surface area contributed by atoms with Crippen LogP contribution in [0.1, 0.15) is 13.8 Å². The highest BCUT2D eigenvalue weighted by molar-refractivity contribution is 7.89. The van der Waals surface area contributed by atoms with Gasteiger partial charge in [0.05, 0.1) is 16.9 Å². The zero-order valence-corrected chi connectivity index (χ0v) is 11.5. The molecule has 1 atom stereocenters. The second-order valence-corrected chi connectivity index (χ2v) is 6.27. The summed E-state index contributed by atoms with van der Waals surface area (Å²) in [6.45, 7) is 3.17. The number of hydrogen-bond acceptors (Lipinski definition) is 4. The Bertz CT molecular complexity index is 542. The molecule has 0 aliphatic carbocycles. The normalized spacial score (nSPS) is 13.6. The minimum atomic E-state index is -3.93. The molecule has 5 nitrogen and oxygen atoms in total. The predicted molar refractivity (Wildman–Crippen MR) is 65.4 cm³/mol. The topological polar surface area (TPSA) is 86.3 Å². The van der Waals surface area contributed by atoms with Crippen LogP contribution in [0.4, 0.5) is 0 Å². The summed E-state index contributed by atoms with van der Waals surface area (Å²) in [5.41, 5.74) is 0. The Hall–Kier alpha value is -1.11. The van der Waals surface area contributed by atoms with Crippen molar-refractivity contribution in [2.75, 3.05) is 0 Å². The van der Waals surface area contributed by atoms with Crippen LogP contribution in [-0.2, 0) is 14.8 Å². The summed E-state index contributed by atoms with van der Waals surface area (Å²) < 4.78 is 26.0. The van der Waals surface area contributed by atoms with E-state index in [1.54, 1.807) is 13.8 Å². The molecule has 0 aliphatic rings. The zero-order valence-electron chi connectivity index (χ0n) is 9.88. The SMILES string of the molecule is CC(C)[C@H](NS(=O)(=O)c1cccc(Cl)c1)C(=O)[O-]. The Balaban J connectivity index is 3.05. The number of carbonyl (C=O) groups excluding carboxylic acids is 1. The molecule has 0 aromatic heterocycles. The number of aliphatic carboxylic acids is 1. The Morgan fingerprint density at radius 3 is 2.44 bits per heavy atom. The van der Waals surface area contributed by atoms with Gasteiger partial charge in [0.2, 0.25) is 10.0 Å². The summed E-state index contributed by atoms with van der Waals surface area (Å²) >= 11 is 5.69. The highest BCUT2D eigenvalue weighted by atomic mass is 35.5. The summed E-state index contributed by atoms with van der Waals surface area (Å²) in [6.07, 6.45) is 0. The van der Waals surface area contributed by atoms with Crippen molar-refractivity contribution in [2.24, 2.45) is 5.92 Å². The monoisotopic (exact) mass is 290 g/mol. The minimum absolute atomic E-state index is 0.0816. The molecule has 0 saturated carbocycles. The molecule has 18 heavy (non-hydrogen) atoms. The molecule has 0 amide bonds. The van der Waals surface area contributed by atoms with Crippen LogP contribution >= 0.6 is 11.6 Å². The first-order valence-electron chi connectivity index (χ1n) is 5.23. The number of nitrogens with one attached hydrogen (secondary N) is 1. The molecule has 1 aromatic rings. The van der Waals surface area contributed by atoms with E-state index in [0.717, 1.165) is 0 Å². The summed E-state index contributed by atoms with van der Waals surface area (Å²) in [4.78, 5) is 10.8. The summed E-state index contributed by atoms with van der Waals surface area (Å²) in [5.74, 6) is -1.89. The Morgan fingerprint density at radius 1 is 1.39 bits per heavy atom. The molecule has 1 N–H and O–H groups in total. The third kappa shape index (κ3) is 3.69. The maximum atomic E-state index is 11.9. The standard InChI is InChI=1S/C11H14ClNO4S/c1-7(2)10(11(14)15)13-18(16,17)9-5-3-4-8(12)6-9/h3-7,10,13H,1-2H3,(H,14,15)/p-1/t10-/m0/s1. The van der Waals surface area contributed by atoms with Crippen molar-refractivity contribution in [1.82, 2.24) is 4.72 Å². The van der Waals surface area contributed by atoms with Crippen molar-refractivity contribution in [1.29, 1.82) is 0 Å². The third-order valence-electron chi connectivity index (χ3n) is 2.31. The van der Waals surface area contributed by atoms with Gasteiger partial charge in [-0.25, -0.2) is 13.1 Å². The van der Waals surface area contributed by atoms with E-state index in [1.807, 2.05) is 0 Å². The van der Waals surface area contributed by atoms with Crippen LogP contribution in [0.5, 0.6) is 0 Å². The molecule has 0 saturated heterocycles. The lowest BCUT2D eigenvalue weighted by atomic mass is 10.1. The molecule has 0 aliphatic heterocycles. The molecular formula is C11H13ClNO4S-. The highest BCUT2D eigenvalue weighted by Crippen LogP contribution is 2.16. The second kappa shape index (κ2) is 5.69. The van der Waals surface area contributed by atoms with Crippen molar-refractivity contribution in [3.05, 3.63) is 29.3 Å². The van der Waals surface area contributed by atoms with Crippen molar-refractivity contribution in [3.63, 3.8) is 0 Å². The fraction of sp³-hybridized carbons (Fsp3) is 0.364. The summed E-state index contributed by atoms with van der Waals surface area (Å²) in [7, 11) is -3.93. The fourth-order valence-electron chi connectivity index (χ4n) is 1.33. The van der Waals surface area contributed by atoms with Crippen molar-refractivity contribution in [3.8, 4) is 0 Å². The number of carboxylic acids is 1. The molecule has 0 radical (unpaired) electrons. The molecule has 0 unspecified atom stereocenters. The van der Waals surface area contributed by atoms with Crippen LogP contribution in [0, 0.1) is 5.92 Å². The van der Waals surface area contributed by atoms with Gasteiger partial charge in [0.1, 0.15) is 0 Å². The smallest absolute Gasteiger partial charge is 0.241 e. The predicted octanol–water partition coefficient (Wildman–Crippen LogP) is 0.393. The van der Waals surface area contributed by atoms with E-state index < -0.39 is 28.0 Å². The van der Waals surface area contributed by atoms with Crippen molar-refractivity contribution < 1.29 is 18.3 Å². The maximum absolute atomic E-state index is 11.9. The van der Waals surface area contributed by atoms with Gasteiger partial charge >= 0.3 is 0 Å². The first-order chi connectivity index (χ1) is 8.24. The zero-order chi connectivity index (χ0) is 13.9. The lowest BCUT2D eigenvalue weighted by molar-refractivity contribution is -0.309. The molecule has 100 valence electrons. The highest BCUT2D eigenvalue weighted by Gasteiger charge is 2.23. The van der Waals surface area contributed by atoms with E-state index in [9.17, 15) is 18.3 Å².